The van der Waals surface area contributed by atoms with Gasteiger partial charge >= 0.3 is 5.97 Å². The number of ketones is 1. The lowest BCUT2D eigenvalue weighted by Crippen LogP contribution is -2.56. The van der Waals surface area contributed by atoms with Gasteiger partial charge in [-0.1, -0.05) is 96.9 Å². The predicted octanol–water partition coefficient (Wildman–Crippen LogP) is 6.03. The number of hydrogen-bond acceptors (Lipinski definition) is 6. The van der Waals surface area contributed by atoms with Gasteiger partial charge < -0.3 is 14.2 Å². The van der Waals surface area contributed by atoms with Crippen molar-refractivity contribution >= 4 is 11.8 Å². The van der Waals surface area contributed by atoms with Crippen LogP contribution in [0.1, 0.15) is 75.2 Å². The van der Waals surface area contributed by atoms with E-state index in [0.717, 1.165) is 36.0 Å². The molecule has 1 aromatic heterocycles. The number of benzene rings is 3. The fourth-order valence-corrected chi connectivity index (χ4v) is 5.67. The summed E-state index contributed by atoms with van der Waals surface area (Å²) in [5.74, 6) is -1.87. The number of fused-ring (bicyclic) bond motifs is 1. The third kappa shape index (κ3) is 4.14. The van der Waals surface area contributed by atoms with Crippen LogP contribution in [0.15, 0.2) is 84.9 Å². The zero-order valence-corrected chi connectivity index (χ0v) is 22.1. The SMILES string of the molecule is COC(=O)c1nn2c(c1C(=O)c1ccc(C)cc1)OC1(CCCCC1)OC2(c1ccccc1)c1ccccc1. The quantitative estimate of drug-likeness (QED) is 0.235. The van der Waals surface area contributed by atoms with Gasteiger partial charge in [0.05, 0.1) is 7.11 Å². The lowest BCUT2D eigenvalue weighted by atomic mass is 9.89. The summed E-state index contributed by atoms with van der Waals surface area (Å²) in [4.78, 5) is 27.3. The average Bonchev–Trinajstić information content (AvgIpc) is 3.37. The lowest BCUT2D eigenvalue weighted by Gasteiger charge is -2.50. The minimum Gasteiger partial charge on any atom is -0.464 e. The molecule has 2 aliphatic rings. The second-order valence-electron chi connectivity index (χ2n) is 10.2. The number of carbonyl (C=O) groups excluding carboxylic acids is 2. The Hall–Kier alpha value is -4.23. The van der Waals surface area contributed by atoms with Gasteiger partial charge in [-0.05, 0) is 19.8 Å². The standard InChI is InChI=1S/C32H30N2O5/c1-22-16-18-23(19-17-22)28(35)26-27(30(36)37-2)33-34-29(26)38-31(20-10-5-11-21-31)39-32(34,24-12-6-3-7-13-24)25-14-8-4-9-15-25/h3-4,6-9,12-19H,5,10-11,20-21H2,1-2H3. The number of aryl methyl sites for hydroxylation is 1. The number of esters is 1. The van der Waals surface area contributed by atoms with Crippen molar-refractivity contribution in [2.75, 3.05) is 7.11 Å². The molecule has 0 amide bonds. The van der Waals surface area contributed by atoms with Crippen molar-refractivity contribution in [1.29, 1.82) is 0 Å². The first-order chi connectivity index (χ1) is 19.0. The largest absolute Gasteiger partial charge is 0.464 e. The smallest absolute Gasteiger partial charge is 0.359 e. The summed E-state index contributed by atoms with van der Waals surface area (Å²) in [6.07, 6.45) is 4.19. The van der Waals surface area contributed by atoms with Crippen LogP contribution in [0.3, 0.4) is 0 Å². The second kappa shape index (κ2) is 9.82. The van der Waals surface area contributed by atoms with Gasteiger partial charge in [0, 0.05) is 29.5 Å². The van der Waals surface area contributed by atoms with Crippen LogP contribution < -0.4 is 4.74 Å². The minimum absolute atomic E-state index is 0.0789. The van der Waals surface area contributed by atoms with Gasteiger partial charge in [-0.3, -0.25) is 4.79 Å². The maximum atomic E-state index is 14.1. The molecule has 0 unspecified atom stereocenters. The summed E-state index contributed by atoms with van der Waals surface area (Å²) in [5.41, 5.74) is 1.75. The molecule has 6 rings (SSSR count). The van der Waals surface area contributed by atoms with Gasteiger partial charge in [0.2, 0.25) is 23.2 Å². The maximum absolute atomic E-state index is 14.1. The fraction of sp³-hybridized carbons (Fsp3) is 0.281. The molecule has 39 heavy (non-hydrogen) atoms. The van der Waals surface area contributed by atoms with E-state index in [1.54, 1.807) is 16.8 Å². The highest BCUT2D eigenvalue weighted by molar-refractivity contribution is 6.15. The summed E-state index contributed by atoms with van der Waals surface area (Å²) in [7, 11) is 1.28. The fourth-order valence-electron chi connectivity index (χ4n) is 5.67. The molecule has 0 N–H and O–H groups in total. The molecule has 1 spiro atoms. The van der Waals surface area contributed by atoms with Crippen LogP contribution in [-0.4, -0.2) is 34.4 Å². The highest BCUT2D eigenvalue weighted by Gasteiger charge is 2.55. The zero-order valence-electron chi connectivity index (χ0n) is 22.1. The van der Waals surface area contributed by atoms with Crippen LogP contribution >= 0.6 is 0 Å². The number of methoxy groups -OCH3 is 1. The number of carbonyl (C=O) groups is 2. The lowest BCUT2D eigenvalue weighted by molar-refractivity contribution is -0.294. The summed E-state index contributed by atoms with van der Waals surface area (Å²) in [6, 6.07) is 26.8. The van der Waals surface area contributed by atoms with Crippen molar-refractivity contribution in [2.45, 2.75) is 50.5 Å². The van der Waals surface area contributed by atoms with Gasteiger partial charge in [0.1, 0.15) is 5.56 Å². The molecular formula is C32H30N2O5. The van der Waals surface area contributed by atoms with Crippen LogP contribution in [0.4, 0.5) is 0 Å². The van der Waals surface area contributed by atoms with Crippen molar-refractivity contribution in [2.24, 2.45) is 0 Å². The molecule has 0 saturated heterocycles. The van der Waals surface area contributed by atoms with Gasteiger partial charge in [0.25, 0.3) is 0 Å². The number of hydrogen-bond donors (Lipinski definition) is 0. The van der Waals surface area contributed by atoms with Gasteiger partial charge in [-0.25, -0.2) is 4.79 Å². The normalized spacial score (nSPS) is 17.2. The molecule has 0 atom stereocenters. The first-order valence-corrected chi connectivity index (χ1v) is 13.3. The molecule has 7 heteroatoms. The van der Waals surface area contributed by atoms with Gasteiger partial charge in [0.15, 0.2) is 5.69 Å². The van der Waals surface area contributed by atoms with Crippen LogP contribution in [0.5, 0.6) is 5.88 Å². The predicted molar refractivity (Wildman–Crippen MR) is 145 cm³/mol. The van der Waals surface area contributed by atoms with E-state index in [0.29, 0.717) is 18.4 Å². The number of nitrogens with zero attached hydrogens (tertiary/aromatic N) is 2. The van der Waals surface area contributed by atoms with E-state index in [2.05, 4.69) is 0 Å². The van der Waals surface area contributed by atoms with Crippen LogP contribution in [0.2, 0.25) is 0 Å². The summed E-state index contributed by atoms with van der Waals surface area (Å²) < 4.78 is 20.5. The minimum atomic E-state index is -1.29. The topological polar surface area (TPSA) is 79.7 Å². The van der Waals surface area contributed by atoms with Crippen LogP contribution in [-0.2, 0) is 15.2 Å². The Bertz CT molecular complexity index is 1460. The van der Waals surface area contributed by atoms with E-state index < -0.39 is 17.5 Å². The summed E-state index contributed by atoms with van der Waals surface area (Å²) in [5, 5.41) is 4.74. The Balaban J connectivity index is 1.69. The van der Waals surface area contributed by atoms with E-state index in [1.807, 2.05) is 79.7 Å². The van der Waals surface area contributed by atoms with E-state index in [4.69, 9.17) is 19.3 Å². The number of aromatic nitrogens is 2. The van der Waals surface area contributed by atoms with E-state index in [1.165, 1.54) is 7.11 Å². The number of rotatable bonds is 5. The van der Waals surface area contributed by atoms with Crippen molar-refractivity contribution in [3.63, 3.8) is 0 Å². The third-order valence-corrected chi connectivity index (χ3v) is 7.62. The van der Waals surface area contributed by atoms with E-state index >= 15 is 0 Å². The Morgan fingerprint density at radius 3 is 2.00 bits per heavy atom. The number of ether oxygens (including phenoxy) is 3. The van der Waals surface area contributed by atoms with Crippen molar-refractivity contribution in [1.82, 2.24) is 9.78 Å². The molecule has 2 heterocycles. The van der Waals surface area contributed by atoms with E-state index in [-0.39, 0.29) is 22.9 Å². The molecule has 1 saturated carbocycles. The second-order valence-corrected chi connectivity index (χ2v) is 10.2. The van der Waals surface area contributed by atoms with Crippen LogP contribution in [0, 0.1) is 6.92 Å². The molecular weight excluding hydrogens is 492 g/mol. The molecule has 3 aromatic carbocycles. The van der Waals surface area contributed by atoms with Crippen molar-refractivity contribution in [3.8, 4) is 5.88 Å². The summed E-state index contributed by atoms with van der Waals surface area (Å²) >= 11 is 0. The summed E-state index contributed by atoms with van der Waals surface area (Å²) in [6.45, 7) is 1.96. The highest BCUT2D eigenvalue weighted by atomic mass is 16.7. The molecule has 1 fully saturated rings. The first kappa shape index (κ1) is 25.1. The first-order valence-electron chi connectivity index (χ1n) is 13.3. The van der Waals surface area contributed by atoms with Crippen molar-refractivity contribution < 1.29 is 23.8 Å². The molecule has 4 aromatic rings. The molecule has 0 radical (unpaired) electrons. The Morgan fingerprint density at radius 1 is 0.846 bits per heavy atom. The molecule has 1 aliphatic heterocycles. The Morgan fingerprint density at radius 2 is 1.44 bits per heavy atom. The van der Waals surface area contributed by atoms with Gasteiger partial charge in [-0.2, -0.15) is 9.78 Å². The Kier molecular flexibility index (Phi) is 6.31. The monoisotopic (exact) mass is 522 g/mol. The molecule has 0 bridgehead atoms. The zero-order chi connectivity index (χ0) is 27.0. The highest BCUT2D eigenvalue weighted by Crippen LogP contribution is 2.51. The maximum Gasteiger partial charge on any atom is 0.359 e. The average molecular weight is 523 g/mol. The van der Waals surface area contributed by atoms with Gasteiger partial charge in [-0.15, -0.1) is 0 Å². The van der Waals surface area contributed by atoms with E-state index in [9.17, 15) is 9.59 Å². The molecule has 7 nitrogen and oxygen atoms in total. The van der Waals surface area contributed by atoms with Crippen LogP contribution in [0.25, 0.3) is 0 Å². The van der Waals surface area contributed by atoms with Crippen molar-refractivity contribution in [3.05, 3.63) is 118 Å². The molecule has 1 aliphatic carbocycles. The third-order valence-electron chi connectivity index (χ3n) is 7.62. The Labute approximate surface area is 227 Å². The molecule has 198 valence electrons.